The van der Waals surface area contributed by atoms with E-state index in [1.165, 1.54) is 0 Å². The third kappa shape index (κ3) is 3.90. The minimum Gasteiger partial charge on any atom is -0.377 e. The molecule has 1 fully saturated rings. The molecule has 98 valence electrons. The van der Waals surface area contributed by atoms with E-state index in [9.17, 15) is 9.00 Å². The standard InChI is InChI=1S/C13H15ClO3S/c14-11-5-3-10(4-6-11)13(15)9-18(16)8-12-2-1-7-17-12/h3-6,12H,1-2,7-9H2. The molecule has 2 rings (SSSR count). The first-order valence-electron chi connectivity index (χ1n) is 5.90. The van der Waals surface area contributed by atoms with Crippen LogP contribution in [-0.4, -0.2) is 34.2 Å². The summed E-state index contributed by atoms with van der Waals surface area (Å²) >= 11 is 5.75. The van der Waals surface area contributed by atoms with E-state index in [2.05, 4.69) is 0 Å². The second-order valence-electron chi connectivity index (χ2n) is 4.32. The number of carbonyl (C=O) groups excluding carboxylic acids is 1. The molecule has 1 aromatic carbocycles. The second-order valence-corrected chi connectivity index (χ2v) is 6.25. The largest absolute Gasteiger partial charge is 0.377 e. The van der Waals surface area contributed by atoms with Crippen molar-refractivity contribution in [3.05, 3.63) is 34.9 Å². The highest BCUT2D eigenvalue weighted by Gasteiger charge is 2.20. The number of ketones is 1. The predicted molar refractivity (Wildman–Crippen MR) is 72.6 cm³/mol. The highest BCUT2D eigenvalue weighted by molar-refractivity contribution is 7.85. The summed E-state index contributed by atoms with van der Waals surface area (Å²) in [5.74, 6) is 0.406. The number of benzene rings is 1. The molecule has 1 saturated heterocycles. The van der Waals surface area contributed by atoms with Crippen LogP contribution in [0.3, 0.4) is 0 Å². The third-order valence-corrected chi connectivity index (χ3v) is 4.43. The molecule has 0 amide bonds. The molecule has 1 aliphatic heterocycles. The number of hydrogen-bond donors (Lipinski definition) is 0. The number of carbonyl (C=O) groups is 1. The fourth-order valence-electron chi connectivity index (χ4n) is 1.91. The lowest BCUT2D eigenvalue weighted by Crippen LogP contribution is -2.21. The van der Waals surface area contributed by atoms with Gasteiger partial charge in [-0.1, -0.05) is 11.6 Å². The van der Waals surface area contributed by atoms with Gasteiger partial charge in [-0.2, -0.15) is 0 Å². The van der Waals surface area contributed by atoms with Crippen molar-refractivity contribution in [3.8, 4) is 0 Å². The summed E-state index contributed by atoms with van der Waals surface area (Å²) in [6.07, 6.45) is 2.03. The molecule has 0 aromatic heterocycles. The SMILES string of the molecule is O=C(CS(=O)CC1CCCO1)c1ccc(Cl)cc1. The Morgan fingerprint density at radius 3 is 2.72 bits per heavy atom. The highest BCUT2D eigenvalue weighted by atomic mass is 35.5. The van der Waals surface area contributed by atoms with Crippen LogP contribution in [0.4, 0.5) is 0 Å². The minimum absolute atomic E-state index is 0.0570. The van der Waals surface area contributed by atoms with Crippen molar-refractivity contribution >= 4 is 28.2 Å². The second kappa shape index (κ2) is 6.45. The van der Waals surface area contributed by atoms with Gasteiger partial charge in [-0.3, -0.25) is 9.00 Å². The minimum atomic E-state index is -1.15. The maximum absolute atomic E-state index is 11.9. The first-order valence-corrected chi connectivity index (χ1v) is 7.77. The maximum Gasteiger partial charge on any atom is 0.175 e. The fourth-order valence-corrected chi connectivity index (χ4v) is 3.29. The molecular weight excluding hydrogens is 272 g/mol. The van der Waals surface area contributed by atoms with Gasteiger partial charge in [0.2, 0.25) is 0 Å². The molecule has 1 aromatic rings. The molecule has 2 unspecified atom stereocenters. The smallest absolute Gasteiger partial charge is 0.175 e. The number of Topliss-reactive ketones (excluding diaryl/α,β-unsaturated/α-hetero) is 1. The van der Waals surface area contributed by atoms with Crippen molar-refractivity contribution in [2.24, 2.45) is 0 Å². The molecule has 3 nitrogen and oxygen atoms in total. The van der Waals surface area contributed by atoms with Crippen molar-refractivity contribution in [3.63, 3.8) is 0 Å². The van der Waals surface area contributed by atoms with Crippen molar-refractivity contribution < 1.29 is 13.7 Å². The van der Waals surface area contributed by atoms with E-state index in [1.807, 2.05) is 0 Å². The number of ether oxygens (including phenoxy) is 1. The normalized spacial score (nSPS) is 20.8. The number of rotatable bonds is 5. The molecule has 0 saturated carbocycles. The quantitative estimate of drug-likeness (QED) is 0.781. The molecule has 0 N–H and O–H groups in total. The van der Waals surface area contributed by atoms with Crippen molar-refractivity contribution in [1.82, 2.24) is 0 Å². The Hall–Kier alpha value is -0.710. The predicted octanol–water partition coefficient (Wildman–Crippen LogP) is 2.45. The van der Waals surface area contributed by atoms with Gasteiger partial charge >= 0.3 is 0 Å². The lowest BCUT2D eigenvalue weighted by molar-refractivity contribution is 0.102. The summed E-state index contributed by atoms with van der Waals surface area (Å²) in [6.45, 7) is 0.743. The van der Waals surface area contributed by atoms with Crippen LogP contribution in [0.2, 0.25) is 5.02 Å². The summed E-state index contributed by atoms with van der Waals surface area (Å²) in [5.41, 5.74) is 0.556. The van der Waals surface area contributed by atoms with Gasteiger partial charge in [0.15, 0.2) is 5.78 Å². The highest BCUT2D eigenvalue weighted by Crippen LogP contribution is 2.14. The average Bonchev–Trinajstić information content (AvgIpc) is 2.82. The Kier molecular flexibility index (Phi) is 4.92. The molecule has 1 aliphatic rings. The van der Waals surface area contributed by atoms with E-state index in [4.69, 9.17) is 16.3 Å². The summed E-state index contributed by atoms with van der Waals surface area (Å²) < 4.78 is 17.2. The van der Waals surface area contributed by atoms with Crippen LogP contribution >= 0.6 is 11.6 Å². The molecule has 0 aliphatic carbocycles. The van der Waals surface area contributed by atoms with Gasteiger partial charge in [-0.05, 0) is 37.1 Å². The van der Waals surface area contributed by atoms with Gasteiger partial charge in [-0.25, -0.2) is 0 Å². The third-order valence-electron chi connectivity index (χ3n) is 2.85. The maximum atomic E-state index is 11.9. The van der Waals surface area contributed by atoms with Crippen LogP contribution in [0, 0.1) is 0 Å². The lowest BCUT2D eigenvalue weighted by Gasteiger charge is -2.08. The zero-order valence-electron chi connectivity index (χ0n) is 9.93. The molecule has 5 heteroatoms. The average molecular weight is 287 g/mol. The summed E-state index contributed by atoms with van der Waals surface area (Å²) in [5, 5.41) is 0.590. The number of halogens is 1. The van der Waals surface area contributed by atoms with Gasteiger partial charge in [0.05, 0.1) is 17.6 Å². The molecule has 1 heterocycles. The summed E-state index contributed by atoms with van der Waals surface area (Å²) in [6, 6.07) is 6.65. The van der Waals surface area contributed by atoms with Gasteiger partial charge in [-0.15, -0.1) is 0 Å². The number of hydrogen-bond acceptors (Lipinski definition) is 3. The van der Waals surface area contributed by atoms with Crippen molar-refractivity contribution in [2.75, 3.05) is 18.1 Å². The molecule has 0 radical (unpaired) electrons. The van der Waals surface area contributed by atoms with Crippen molar-refractivity contribution in [2.45, 2.75) is 18.9 Å². The molecule has 0 spiro atoms. The molecule has 0 bridgehead atoms. The van der Waals surface area contributed by atoms with E-state index in [0.717, 1.165) is 19.4 Å². The van der Waals surface area contributed by atoms with Crippen LogP contribution in [0.5, 0.6) is 0 Å². The summed E-state index contributed by atoms with van der Waals surface area (Å²) in [4.78, 5) is 11.9. The van der Waals surface area contributed by atoms with Gasteiger partial charge < -0.3 is 4.74 Å². The lowest BCUT2D eigenvalue weighted by atomic mass is 10.1. The fraction of sp³-hybridized carbons (Fsp3) is 0.462. The topological polar surface area (TPSA) is 43.4 Å². The summed E-state index contributed by atoms with van der Waals surface area (Å²) in [7, 11) is -1.15. The Morgan fingerprint density at radius 2 is 2.11 bits per heavy atom. The van der Waals surface area contributed by atoms with E-state index in [-0.39, 0.29) is 17.6 Å². The Labute approximate surface area is 114 Å². The Morgan fingerprint density at radius 1 is 1.39 bits per heavy atom. The first-order chi connectivity index (χ1) is 8.65. The van der Waals surface area contributed by atoms with Crippen LogP contribution in [0.15, 0.2) is 24.3 Å². The zero-order chi connectivity index (χ0) is 13.0. The molecule has 18 heavy (non-hydrogen) atoms. The van der Waals surface area contributed by atoms with Gasteiger partial charge in [0.25, 0.3) is 0 Å². The Balaban J connectivity index is 1.86. The van der Waals surface area contributed by atoms with Crippen LogP contribution < -0.4 is 0 Å². The Bertz CT molecular complexity index is 438. The molecule has 2 atom stereocenters. The monoisotopic (exact) mass is 286 g/mol. The van der Waals surface area contributed by atoms with Crippen LogP contribution in [0.25, 0.3) is 0 Å². The van der Waals surface area contributed by atoms with E-state index >= 15 is 0 Å². The van der Waals surface area contributed by atoms with E-state index in [0.29, 0.717) is 16.3 Å². The first kappa shape index (κ1) is 13.7. The van der Waals surface area contributed by atoms with Crippen LogP contribution in [-0.2, 0) is 15.5 Å². The van der Waals surface area contributed by atoms with E-state index < -0.39 is 10.8 Å². The molecular formula is C13H15ClO3S. The van der Waals surface area contributed by atoms with Crippen molar-refractivity contribution in [1.29, 1.82) is 0 Å². The van der Waals surface area contributed by atoms with Gasteiger partial charge in [0.1, 0.15) is 0 Å². The zero-order valence-corrected chi connectivity index (χ0v) is 11.5. The van der Waals surface area contributed by atoms with E-state index in [1.54, 1.807) is 24.3 Å². The van der Waals surface area contributed by atoms with Gasteiger partial charge in [0, 0.05) is 28.0 Å². The van der Waals surface area contributed by atoms with Crippen LogP contribution in [0.1, 0.15) is 23.2 Å².